The number of nitrogens with one attached hydrogen (secondary N) is 1. The number of anilines is 1. The Balaban J connectivity index is 1.98. The van der Waals surface area contributed by atoms with Gasteiger partial charge < -0.3 is 5.32 Å². The first-order chi connectivity index (χ1) is 9.56. The molecule has 0 aliphatic carbocycles. The van der Waals surface area contributed by atoms with Gasteiger partial charge in [-0.15, -0.1) is 11.3 Å². The predicted octanol–water partition coefficient (Wildman–Crippen LogP) is 5.18. The molecular weight excluding hydrogens is 450 g/mol. The van der Waals surface area contributed by atoms with Crippen LogP contribution in [0, 0.1) is 0 Å². The number of rotatable bonds is 2. The molecule has 1 N–H and O–H groups in total. The van der Waals surface area contributed by atoms with Gasteiger partial charge in [0.05, 0.1) is 31.1 Å². The lowest BCUT2D eigenvalue weighted by molar-refractivity contribution is 0.103. The molecular formula is C11H4Br2ClN3OS2. The zero-order valence-corrected chi connectivity index (χ0v) is 15.0. The molecule has 0 aliphatic rings. The lowest BCUT2D eigenvalue weighted by Crippen LogP contribution is -2.10. The van der Waals surface area contributed by atoms with E-state index in [1.807, 2.05) is 0 Å². The highest BCUT2D eigenvalue weighted by Crippen LogP contribution is 2.34. The summed E-state index contributed by atoms with van der Waals surface area (Å²) < 4.78 is 10.00. The van der Waals surface area contributed by atoms with E-state index in [2.05, 4.69) is 45.9 Å². The summed E-state index contributed by atoms with van der Waals surface area (Å²) in [5.74, 6) is -0.233. The van der Waals surface area contributed by atoms with Crippen molar-refractivity contribution in [2.45, 2.75) is 0 Å². The SMILES string of the molecule is O=C(Nc1c(Cl)ccc2nsnc12)c1cc(Br)c(Br)s1. The second kappa shape index (κ2) is 5.69. The normalized spacial score (nSPS) is 10.9. The quantitative estimate of drug-likeness (QED) is 0.581. The molecule has 0 saturated carbocycles. The Labute approximate surface area is 143 Å². The van der Waals surface area contributed by atoms with Crippen molar-refractivity contribution >= 4 is 89.2 Å². The lowest BCUT2D eigenvalue weighted by atomic mass is 10.2. The Hall–Kier alpha value is -0.540. The highest BCUT2D eigenvalue weighted by molar-refractivity contribution is 9.13. The van der Waals surface area contributed by atoms with E-state index in [4.69, 9.17) is 11.6 Å². The van der Waals surface area contributed by atoms with Crippen LogP contribution in [0.2, 0.25) is 5.02 Å². The van der Waals surface area contributed by atoms with Crippen molar-refractivity contribution in [2.24, 2.45) is 0 Å². The van der Waals surface area contributed by atoms with E-state index in [-0.39, 0.29) is 5.91 Å². The van der Waals surface area contributed by atoms with Gasteiger partial charge in [-0.05, 0) is 50.1 Å². The molecule has 20 heavy (non-hydrogen) atoms. The van der Waals surface area contributed by atoms with Gasteiger partial charge in [-0.2, -0.15) is 8.75 Å². The Kier molecular flexibility index (Phi) is 4.09. The lowest BCUT2D eigenvalue weighted by Gasteiger charge is -2.06. The molecule has 2 heterocycles. The average molecular weight is 454 g/mol. The molecule has 0 radical (unpaired) electrons. The molecule has 0 saturated heterocycles. The first kappa shape index (κ1) is 14.4. The monoisotopic (exact) mass is 451 g/mol. The number of halogens is 3. The number of thiophene rings is 1. The average Bonchev–Trinajstić information content (AvgIpc) is 3.00. The fourth-order valence-electron chi connectivity index (χ4n) is 1.58. The van der Waals surface area contributed by atoms with Gasteiger partial charge in [-0.25, -0.2) is 0 Å². The molecule has 2 aromatic heterocycles. The molecule has 102 valence electrons. The van der Waals surface area contributed by atoms with Gasteiger partial charge in [0.25, 0.3) is 5.91 Å². The highest BCUT2D eigenvalue weighted by atomic mass is 79.9. The maximum absolute atomic E-state index is 12.3. The Bertz CT molecular complexity index is 798. The predicted molar refractivity (Wildman–Crippen MR) is 90.1 cm³/mol. The molecule has 0 bridgehead atoms. The van der Waals surface area contributed by atoms with E-state index in [1.54, 1.807) is 18.2 Å². The van der Waals surface area contributed by atoms with Crippen LogP contribution in [0.1, 0.15) is 9.67 Å². The zero-order valence-electron chi connectivity index (χ0n) is 9.49. The minimum atomic E-state index is -0.233. The molecule has 3 aromatic rings. The number of hydrogen-bond acceptors (Lipinski definition) is 5. The summed E-state index contributed by atoms with van der Waals surface area (Å²) in [6.07, 6.45) is 0. The summed E-state index contributed by atoms with van der Waals surface area (Å²) in [5, 5.41) is 3.24. The second-order valence-corrected chi connectivity index (χ2v) is 7.90. The van der Waals surface area contributed by atoms with Crippen molar-refractivity contribution in [1.29, 1.82) is 0 Å². The van der Waals surface area contributed by atoms with Crippen LogP contribution >= 0.6 is 66.5 Å². The van der Waals surface area contributed by atoms with Gasteiger partial charge in [0.15, 0.2) is 0 Å². The molecule has 0 spiro atoms. The summed E-state index contributed by atoms with van der Waals surface area (Å²) >= 11 is 15.3. The number of hydrogen-bond donors (Lipinski definition) is 1. The zero-order chi connectivity index (χ0) is 14.3. The third-order valence-corrected chi connectivity index (χ3v) is 6.60. The molecule has 0 unspecified atom stereocenters. The van der Waals surface area contributed by atoms with Gasteiger partial charge in [0.2, 0.25) is 0 Å². The molecule has 0 atom stereocenters. The van der Waals surface area contributed by atoms with Crippen LogP contribution in [-0.2, 0) is 0 Å². The van der Waals surface area contributed by atoms with E-state index in [9.17, 15) is 4.79 Å². The van der Waals surface area contributed by atoms with Gasteiger partial charge in [0.1, 0.15) is 11.0 Å². The summed E-state index contributed by atoms with van der Waals surface area (Å²) in [6, 6.07) is 5.22. The van der Waals surface area contributed by atoms with Crippen LogP contribution in [0.15, 0.2) is 26.5 Å². The van der Waals surface area contributed by atoms with E-state index < -0.39 is 0 Å². The minimum absolute atomic E-state index is 0.233. The van der Waals surface area contributed by atoms with Gasteiger partial charge in [-0.1, -0.05) is 11.6 Å². The molecule has 1 aromatic carbocycles. The molecule has 3 rings (SSSR count). The summed E-state index contributed by atoms with van der Waals surface area (Å²) in [4.78, 5) is 12.8. The minimum Gasteiger partial charge on any atom is -0.318 e. The summed E-state index contributed by atoms with van der Waals surface area (Å²) in [5.41, 5.74) is 1.80. The fourth-order valence-corrected chi connectivity index (χ4v) is 4.25. The van der Waals surface area contributed by atoms with Gasteiger partial charge >= 0.3 is 0 Å². The van der Waals surface area contributed by atoms with Crippen LogP contribution in [0.4, 0.5) is 5.69 Å². The van der Waals surface area contributed by atoms with E-state index in [0.717, 1.165) is 20.0 Å². The largest absolute Gasteiger partial charge is 0.318 e. The molecule has 0 aliphatic heterocycles. The number of amides is 1. The molecule has 9 heteroatoms. The molecule has 0 fully saturated rings. The summed E-state index contributed by atoms with van der Waals surface area (Å²) in [7, 11) is 0. The van der Waals surface area contributed by atoms with Crippen LogP contribution in [0.25, 0.3) is 11.0 Å². The van der Waals surface area contributed by atoms with Crippen molar-refractivity contribution in [1.82, 2.24) is 8.75 Å². The van der Waals surface area contributed by atoms with Gasteiger partial charge in [0, 0.05) is 4.47 Å². The Morgan fingerprint density at radius 3 is 2.80 bits per heavy atom. The number of nitrogens with zero attached hydrogens (tertiary/aromatic N) is 2. The van der Waals surface area contributed by atoms with Crippen LogP contribution in [0.5, 0.6) is 0 Å². The standard InChI is InChI=1S/C11H4Br2ClN3OS2/c12-4-3-7(19-10(4)13)11(18)15-8-5(14)1-2-6-9(8)17-20-16-6/h1-3H,(H,15,18). The van der Waals surface area contributed by atoms with Crippen LogP contribution in [0.3, 0.4) is 0 Å². The van der Waals surface area contributed by atoms with E-state index in [1.165, 1.54) is 11.3 Å². The number of carbonyl (C=O) groups is 1. The van der Waals surface area contributed by atoms with Gasteiger partial charge in [-0.3, -0.25) is 4.79 Å². The van der Waals surface area contributed by atoms with Crippen molar-refractivity contribution in [3.05, 3.63) is 36.4 Å². The Morgan fingerprint density at radius 1 is 1.30 bits per heavy atom. The fraction of sp³-hybridized carbons (Fsp3) is 0. The smallest absolute Gasteiger partial charge is 0.265 e. The first-order valence-corrected chi connectivity index (χ1v) is 8.74. The van der Waals surface area contributed by atoms with E-state index in [0.29, 0.717) is 26.6 Å². The first-order valence-electron chi connectivity index (χ1n) is 5.23. The van der Waals surface area contributed by atoms with Crippen LogP contribution in [-0.4, -0.2) is 14.7 Å². The number of carbonyl (C=O) groups excluding carboxylic acids is 1. The van der Waals surface area contributed by atoms with Crippen molar-refractivity contribution < 1.29 is 4.79 Å². The van der Waals surface area contributed by atoms with E-state index >= 15 is 0 Å². The third-order valence-electron chi connectivity index (χ3n) is 2.48. The van der Waals surface area contributed by atoms with Crippen molar-refractivity contribution in [2.75, 3.05) is 5.32 Å². The Morgan fingerprint density at radius 2 is 2.10 bits per heavy atom. The van der Waals surface area contributed by atoms with Crippen LogP contribution < -0.4 is 5.32 Å². The maximum Gasteiger partial charge on any atom is 0.265 e. The number of aromatic nitrogens is 2. The molecule has 1 amide bonds. The van der Waals surface area contributed by atoms with Crippen molar-refractivity contribution in [3.63, 3.8) is 0 Å². The number of fused-ring (bicyclic) bond motifs is 1. The second-order valence-electron chi connectivity index (χ2n) is 3.74. The highest BCUT2D eigenvalue weighted by Gasteiger charge is 2.16. The maximum atomic E-state index is 12.3. The van der Waals surface area contributed by atoms with Crippen molar-refractivity contribution in [3.8, 4) is 0 Å². The topological polar surface area (TPSA) is 54.9 Å². The summed E-state index contributed by atoms with van der Waals surface area (Å²) in [6.45, 7) is 0. The molecule has 4 nitrogen and oxygen atoms in total. The number of benzene rings is 1. The third kappa shape index (κ3) is 2.62.